The van der Waals surface area contributed by atoms with Gasteiger partial charge in [0.15, 0.2) is 0 Å². The van der Waals surface area contributed by atoms with Gasteiger partial charge in [-0.25, -0.2) is 13.6 Å². The van der Waals surface area contributed by atoms with Gasteiger partial charge in [0.1, 0.15) is 5.69 Å². The van der Waals surface area contributed by atoms with Crippen molar-refractivity contribution >= 4 is 15.9 Å². The van der Waals surface area contributed by atoms with Gasteiger partial charge in [0.25, 0.3) is 5.91 Å². The fraction of sp³-hybridized carbons (Fsp3) is 0.583. The van der Waals surface area contributed by atoms with Crippen molar-refractivity contribution in [2.24, 2.45) is 11.1 Å². The predicted molar refractivity (Wildman–Crippen MR) is 71.1 cm³/mol. The molecule has 1 aliphatic rings. The zero-order valence-electron chi connectivity index (χ0n) is 10.8. The van der Waals surface area contributed by atoms with Gasteiger partial charge in [0, 0.05) is 12.2 Å². The summed E-state index contributed by atoms with van der Waals surface area (Å²) in [4.78, 5) is 14.5. The van der Waals surface area contributed by atoms with Crippen LogP contribution in [-0.4, -0.2) is 25.4 Å². The van der Waals surface area contributed by atoms with Crippen molar-refractivity contribution in [2.45, 2.75) is 43.5 Å². The van der Waals surface area contributed by atoms with Crippen LogP contribution >= 0.6 is 0 Å². The Morgan fingerprint density at radius 2 is 2.21 bits per heavy atom. The molecule has 1 heterocycles. The molecule has 0 aliphatic heterocycles. The number of aromatic amines is 1. The van der Waals surface area contributed by atoms with E-state index >= 15 is 0 Å². The van der Waals surface area contributed by atoms with Crippen LogP contribution in [0, 0.1) is 5.92 Å². The molecule has 2 rings (SSSR count). The highest BCUT2D eigenvalue weighted by Gasteiger charge is 2.22. The van der Waals surface area contributed by atoms with Crippen LogP contribution in [0.4, 0.5) is 0 Å². The number of nitrogens with one attached hydrogen (secondary N) is 2. The van der Waals surface area contributed by atoms with E-state index in [1.165, 1.54) is 18.7 Å². The maximum Gasteiger partial charge on any atom is 0.267 e. The first-order chi connectivity index (χ1) is 8.86. The summed E-state index contributed by atoms with van der Waals surface area (Å²) in [6.07, 6.45) is 5.48. The molecule has 0 saturated heterocycles. The number of rotatable bonds is 3. The van der Waals surface area contributed by atoms with E-state index in [-0.39, 0.29) is 22.5 Å². The number of primary sulfonamides is 1. The number of hydrogen-bond donors (Lipinski definition) is 3. The van der Waals surface area contributed by atoms with Gasteiger partial charge in [-0.05, 0) is 24.8 Å². The summed E-state index contributed by atoms with van der Waals surface area (Å²) in [6.45, 7) is 2.17. The van der Waals surface area contributed by atoms with E-state index in [0.29, 0.717) is 5.92 Å². The van der Waals surface area contributed by atoms with Crippen LogP contribution in [0.3, 0.4) is 0 Å². The van der Waals surface area contributed by atoms with Crippen molar-refractivity contribution in [1.29, 1.82) is 0 Å². The lowest BCUT2D eigenvalue weighted by molar-refractivity contribution is 0.0917. The number of amides is 1. The van der Waals surface area contributed by atoms with Crippen molar-refractivity contribution in [3.05, 3.63) is 18.0 Å². The second-order valence-corrected chi connectivity index (χ2v) is 6.80. The van der Waals surface area contributed by atoms with Crippen molar-refractivity contribution < 1.29 is 13.2 Å². The molecular weight excluding hydrogens is 266 g/mol. The average Bonchev–Trinajstić information content (AvgIpc) is 2.77. The van der Waals surface area contributed by atoms with Gasteiger partial charge in [-0.2, -0.15) is 0 Å². The Labute approximate surface area is 112 Å². The lowest BCUT2D eigenvalue weighted by Gasteiger charge is -2.27. The Morgan fingerprint density at radius 1 is 1.47 bits per heavy atom. The van der Waals surface area contributed by atoms with Gasteiger partial charge < -0.3 is 10.3 Å². The van der Waals surface area contributed by atoms with Crippen LogP contribution in [-0.2, 0) is 10.0 Å². The SMILES string of the molecule is CC1CCCC(NC(=O)c2cc(S(N)(=O)=O)c[nH]2)C1. The third-order valence-electron chi connectivity index (χ3n) is 3.50. The molecule has 0 bridgehead atoms. The van der Waals surface area contributed by atoms with Gasteiger partial charge in [-0.15, -0.1) is 0 Å². The first kappa shape index (κ1) is 14.1. The number of hydrogen-bond acceptors (Lipinski definition) is 3. The van der Waals surface area contributed by atoms with Gasteiger partial charge in [-0.3, -0.25) is 4.79 Å². The zero-order valence-corrected chi connectivity index (χ0v) is 11.7. The van der Waals surface area contributed by atoms with E-state index in [2.05, 4.69) is 17.2 Å². The molecule has 7 heteroatoms. The second kappa shape index (κ2) is 5.34. The molecule has 0 radical (unpaired) electrons. The number of aromatic nitrogens is 1. The first-order valence-electron chi connectivity index (χ1n) is 6.38. The van der Waals surface area contributed by atoms with E-state index in [1.54, 1.807) is 0 Å². The average molecular weight is 285 g/mol. The highest BCUT2D eigenvalue weighted by atomic mass is 32.2. The molecule has 1 aromatic rings. The number of carbonyl (C=O) groups excluding carboxylic acids is 1. The smallest absolute Gasteiger partial charge is 0.267 e. The van der Waals surface area contributed by atoms with Gasteiger partial charge in [0.2, 0.25) is 10.0 Å². The van der Waals surface area contributed by atoms with Crippen LogP contribution in [0.2, 0.25) is 0 Å². The summed E-state index contributed by atoms with van der Waals surface area (Å²) < 4.78 is 22.3. The minimum atomic E-state index is -3.77. The Hall–Kier alpha value is -1.34. The van der Waals surface area contributed by atoms with Gasteiger partial charge >= 0.3 is 0 Å². The number of sulfonamides is 1. The van der Waals surface area contributed by atoms with Gasteiger partial charge in [0.05, 0.1) is 4.90 Å². The molecule has 1 saturated carbocycles. The number of carbonyl (C=O) groups is 1. The maximum atomic E-state index is 12.0. The summed E-state index contributed by atoms with van der Waals surface area (Å²) in [5.74, 6) is 0.330. The summed E-state index contributed by atoms with van der Waals surface area (Å²) in [5.41, 5.74) is 0.224. The molecule has 2 unspecified atom stereocenters. The van der Waals surface area contributed by atoms with Crippen LogP contribution < -0.4 is 10.5 Å². The molecule has 106 valence electrons. The molecule has 6 nitrogen and oxygen atoms in total. The predicted octanol–water partition coefficient (Wildman–Crippen LogP) is 0.971. The Morgan fingerprint density at radius 3 is 2.79 bits per heavy atom. The van der Waals surface area contributed by atoms with Crippen molar-refractivity contribution in [3.8, 4) is 0 Å². The van der Waals surface area contributed by atoms with Gasteiger partial charge in [-0.1, -0.05) is 19.8 Å². The Bertz CT molecular complexity index is 565. The first-order valence-corrected chi connectivity index (χ1v) is 7.93. The normalized spacial score (nSPS) is 24.1. The van der Waals surface area contributed by atoms with Crippen LogP contribution in [0.5, 0.6) is 0 Å². The van der Waals surface area contributed by atoms with Crippen molar-refractivity contribution in [1.82, 2.24) is 10.3 Å². The molecule has 1 aromatic heterocycles. The molecule has 1 amide bonds. The Kier molecular flexibility index (Phi) is 3.96. The third kappa shape index (κ3) is 3.57. The van der Waals surface area contributed by atoms with Crippen LogP contribution in [0.25, 0.3) is 0 Å². The summed E-state index contributed by atoms with van der Waals surface area (Å²) >= 11 is 0. The minimum absolute atomic E-state index is 0.0744. The maximum absolute atomic E-state index is 12.0. The second-order valence-electron chi connectivity index (χ2n) is 5.24. The van der Waals surface area contributed by atoms with E-state index < -0.39 is 10.0 Å². The lowest BCUT2D eigenvalue weighted by atomic mass is 9.87. The minimum Gasteiger partial charge on any atom is -0.356 e. The molecule has 0 aromatic carbocycles. The monoisotopic (exact) mass is 285 g/mol. The molecule has 1 fully saturated rings. The largest absolute Gasteiger partial charge is 0.356 e. The highest BCUT2D eigenvalue weighted by molar-refractivity contribution is 7.89. The lowest BCUT2D eigenvalue weighted by Crippen LogP contribution is -2.38. The molecule has 4 N–H and O–H groups in total. The number of H-pyrrole nitrogens is 1. The fourth-order valence-corrected chi connectivity index (χ4v) is 3.00. The molecular formula is C12H19N3O3S. The summed E-state index contributed by atoms with van der Waals surface area (Å²) in [7, 11) is -3.77. The standard InChI is InChI=1S/C12H19N3O3S/c1-8-3-2-4-9(5-8)15-12(16)11-6-10(7-14-11)19(13,17)18/h6-9,14H,2-5H2,1H3,(H,15,16)(H2,13,17,18). The quantitative estimate of drug-likeness (QED) is 0.770. The molecule has 2 atom stereocenters. The fourth-order valence-electron chi connectivity index (χ4n) is 2.50. The summed E-state index contributed by atoms with van der Waals surface area (Å²) in [5, 5.41) is 7.92. The van der Waals surface area contributed by atoms with Crippen molar-refractivity contribution in [3.63, 3.8) is 0 Å². The Balaban J connectivity index is 2.02. The summed E-state index contributed by atoms with van der Waals surface area (Å²) in [6, 6.07) is 1.43. The van der Waals surface area contributed by atoms with E-state index in [4.69, 9.17) is 5.14 Å². The van der Waals surface area contributed by atoms with E-state index in [9.17, 15) is 13.2 Å². The van der Waals surface area contributed by atoms with Crippen molar-refractivity contribution in [2.75, 3.05) is 0 Å². The third-order valence-corrected chi connectivity index (χ3v) is 4.39. The molecule has 1 aliphatic carbocycles. The van der Waals surface area contributed by atoms with Crippen LogP contribution in [0.15, 0.2) is 17.2 Å². The van der Waals surface area contributed by atoms with E-state index in [0.717, 1.165) is 19.3 Å². The van der Waals surface area contributed by atoms with E-state index in [1.807, 2.05) is 0 Å². The topological polar surface area (TPSA) is 105 Å². The van der Waals surface area contributed by atoms with Crippen LogP contribution in [0.1, 0.15) is 43.1 Å². The molecule has 0 spiro atoms. The zero-order chi connectivity index (χ0) is 14.0. The highest BCUT2D eigenvalue weighted by Crippen LogP contribution is 2.23. The molecule has 19 heavy (non-hydrogen) atoms. The number of nitrogens with two attached hydrogens (primary N) is 1.